The van der Waals surface area contributed by atoms with Gasteiger partial charge in [0.15, 0.2) is 5.96 Å². The Labute approximate surface area is 131 Å². The normalized spacial score (nSPS) is 13.9. The second-order valence-corrected chi connectivity index (χ2v) is 5.15. The molecular formula is C17H21N5. The largest absolute Gasteiger partial charge is 0.368 e. The van der Waals surface area contributed by atoms with Crippen molar-refractivity contribution in [2.75, 3.05) is 36.9 Å². The average Bonchev–Trinajstić information content (AvgIpc) is 3.00. The van der Waals surface area contributed by atoms with Crippen LogP contribution in [0.3, 0.4) is 0 Å². The van der Waals surface area contributed by atoms with E-state index in [0.717, 1.165) is 37.8 Å². The van der Waals surface area contributed by atoms with Crippen molar-refractivity contribution in [1.82, 2.24) is 10.3 Å². The van der Waals surface area contributed by atoms with Gasteiger partial charge >= 0.3 is 0 Å². The van der Waals surface area contributed by atoms with E-state index in [2.05, 4.69) is 49.8 Å². The molecule has 5 nitrogen and oxygen atoms in total. The fourth-order valence-corrected chi connectivity index (χ4v) is 2.69. The number of para-hydroxylation sites is 1. The molecule has 0 spiro atoms. The topological polar surface area (TPSA) is 52.6 Å². The molecule has 0 unspecified atom stereocenters. The Morgan fingerprint density at radius 2 is 2.05 bits per heavy atom. The molecule has 0 atom stereocenters. The number of guanidine groups is 1. The summed E-state index contributed by atoms with van der Waals surface area (Å²) in [7, 11) is 1.83. The van der Waals surface area contributed by atoms with Crippen molar-refractivity contribution in [3.63, 3.8) is 0 Å². The van der Waals surface area contributed by atoms with Gasteiger partial charge in [0.05, 0.1) is 0 Å². The van der Waals surface area contributed by atoms with Gasteiger partial charge in [0, 0.05) is 38.6 Å². The SMILES string of the molecule is CN=C(NCCNc1ccccn1)N1CCc2ccccc21. The number of anilines is 2. The van der Waals surface area contributed by atoms with Gasteiger partial charge in [-0.1, -0.05) is 24.3 Å². The lowest BCUT2D eigenvalue weighted by molar-refractivity contribution is 0.864. The first-order chi connectivity index (χ1) is 10.9. The molecule has 5 heteroatoms. The Hall–Kier alpha value is -2.56. The van der Waals surface area contributed by atoms with Crippen LogP contribution in [0.25, 0.3) is 0 Å². The highest BCUT2D eigenvalue weighted by molar-refractivity contribution is 5.97. The Kier molecular flexibility index (Phi) is 4.53. The Morgan fingerprint density at radius 3 is 2.86 bits per heavy atom. The number of fused-ring (bicyclic) bond motifs is 1. The second-order valence-electron chi connectivity index (χ2n) is 5.15. The van der Waals surface area contributed by atoms with Gasteiger partial charge in [-0.15, -0.1) is 0 Å². The highest BCUT2D eigenvalue weighted by atomic mass is 15.3. The molecule has 1 aliphatic heterocycles. The van der Waals surface area contributed by atoms with E-state index in [-0.39, 0.29) is 0 Å². The van der Waals surface area contributed by atoms with Crippen LogP contribution < -0.4 is 15.5 Å². The molecule has 0 aliphatic carbocycles. The molecule has 2 aromatic rings. The first-order valence-corrected chi connectivity index (χ1v) is 7.59. The van der Waals surface area contributed by atoms with E-state index in [0.29, 0.717) is 0 Å². The maximum Gasteiger partial charge on any atom is 0.198 e. The van der Waals surface area contributed by atoms with Crippen molar-refractivity contribution in [2.45, 2.75) is 6.42 Å². The van der Waals surface area contributed by atoms with Gasteiger partial charge < -0.3 is 15.5 Å². The number of hydrogen-bond acceptors (Lipinski definition) is 3. The Bertz CT molecular complexity index is 639. The second kappa shape index (κ2) is 6.93. The van der Waals surface area contributed by atoms with Crippen molar-refractivity contribution in [1.29, 1.82) is 0 Å². The first-order valence-electron chi connectivity index (χ1n) is 7.59. The van der Waals surface area contributed by atoms with Crippen LogP contribution in [-0.2, 0) is 6.42 Å². The average molecular weight is 295 g/mol. The molecule has 0 amide bonds. The number of nitrogens with one attached hydrogen (secondary N) is 2. The molecule has 1 aromatic carbocycles. The molecule has 1 aromatic heterocycles. The molecular weight excluding hydrogens is 274 g/mol. The number of benzene rings is 1. The van der Waals surface area contributed by atoms with Crippen molar-refractivity contribution in [3.8, 4) is 0 Å². The number of aliphatic imine (C=N–C) groups is 1. The molecule has 0 radical (unpaired) electrons. The summed E-state index contributed by atoms with van der Waals surface area (Å²) in [5, 5.41) is 6.69. The molecule has 22 heavy (non-hydrogen) atoms. The number of hydrogen-bond donors (Lipinski definition) is 2. The molecule has 3 rings (SSSR count). The number of rotatable bonds is 4. The van der Waals surface area contributed by atoms with Crippen LogP contribution in [0.2, 0.25) is 0 Å². The minimum atomic E-state index is 0.794. The summed E-state index contributed by atoms with van der Waals surface area (Å²) in [6.07, 6.45) is 2.86. The van der Waals surface area contributed by atoms with Crippen LogP contribution in [0.4, 0.5) is 11.5 Å². The molecule has 0 fully saturated rings. The van der Waals surface area contributed by atoms with Gasteiger partial charge in [0.2, 0.25) is 0 Å². The lowest BCUT2D eigenvalue weighted by atomic mass is 10.2. The fraction of sp³-hybridized carbons (Fsp3) is 0.294. The lowest BCUT2D eigenvalue weighted by Crippen LogP contribution is -2.42. The molecule has 2 heterocycles. The smallest absolute Gasteiger partial charge is 0.198 e. The third-order valence-corrected chi connectivity index (χ3v) is 3.73. The zero-order valence-electron chi connectivity index (χ0n) is 12.8. The van der Waals surface area contributed by atoms with Gasteiger partial charge in [-0.3, -0.25) is 4.99 Å². The van der Waals surface area contributed by atoms with Gasteiger partial charge in [-0.25, -0.2) is 4.98 Å². The van der Waals surface area contributed by atoms with E-state index < -0.39 is 0 Å². The zero-order valence-corrected chi connectivity index (χ0v) is 12.8. The van der Waals surface area contributed by atoms with Crippen molar-refractivity contribution in [3.05, 3.63) is 54.2 Å². The van der Waals surface area contributed by atoms with Gasteiger partial charge in [0.1, 0.15) is 5.82 Å². The minimum absolute atomic E-state index is 0.794. The van der Waals surface area contributed by atoms with Crippen LogP contribution in [0.15, 0.2) is 53.7 Å². The third-order valence-electron chi connectivity index (χ3n) is 3.73. The van der Waals surface area contributed by atoms with Crippen molar-refractivity contribution in [2.24, 2.45) is 4.99 Å². The van der Waals surface area contributed by atoms with E-state index >= 15 is 0 Å². The summed E-state index contributed by atoms with van der Waals surface area (Å²) in [6, 6.07) is 14.4. The summed E-state index contributed by atoms with van der Waals surface area (Å²) in [6.45, 7) is 2.57. The van der Waals surface area contributed by atoms with Crippen LogP contribution in [-0.4, -0.2) is 37.6 Å². The Morgan fingerprint density at radius 1 is 1.18 bits per heavy atom. The van der Waals surface area contributed by atoms with Gasteiger partial charge in [-0.05, 0) is 30.2 Å². The van der Waals surface area contributed by atoms with Crippen LogP contribution in [0, 0.1) is 0 Å². The number of nitrogens with zero attached hydrogens (tertiary/aromatic N) is 3. The molecule has 0 bridgehead atoms. The first kappa shape index (κ1) is 14.4. The molecule has 1 aliphatic rings. The predicted molar refractivity (Wildman–Crippen MR) is 91.6 cm³/mol. The highest BCUT2D eigenvalue weighted by Crippen LogP contribution is 2.27. The van der Waals surface area contributed by atoms with Crippen molar-refractivity contribution >= 4 is 17.5 Å². The van der Waals surface area contributed by atoms with Crippen LogP contribution in [0.5, 0.6) is 0 Å². The summed E-state index contributed by atoms with van der Waals surface area (Å²) < 4.78 is 0. The molecule has 114 valence electrons. The molecule has 2 N–H and O–H groups in total. The summed E-state index contributed by atoms with van der Waals surface area (Å²) in [5.74, 6) is 1.82. The lowest BCUT2D eigenvalue weighted by Gasteiger charge is -2.22. The van der Waals surface area contributed by atoms with Crippen LogP contribution >= 0.6 is 0 Å². The van der Waals surface area contributed by atoms with E-state index in [9.17, 15) is 0 Å². The maximum absolute atomic E-state index is 4.40. The number of pyridine rings is 1. The summed E-state index contributed by atoms with van der Waals surface area (Å²) in [4.78, 5) is 10.9. The fourth-order valence-electron chi connectivity index (χ4n) is 2.69. The molecule has 0 saturated heterocycles. The third kappa shape index (κ3) is 3.19. The number of aromatic nitrogens is 1. The zero-order chi connectivity index (χ0) is 15.2. The highest BCUT2D eigenvalue weighted by Gasteiger charge is 2.21. The van der Waals surface area contributed by atoms with E-state index in [1.54, 1.807) is 6.20 Å². The van der Waals surface area contributed by atoms with Gasteiger partial charge in [-0.2, -0.15) is 0 Å². The van der Waals surface area contributed by atoms with E-state index in [4.69, 9.17) is 0 Å². The van der Waals surface area contributed by atoms with Gasteiger partial charge in [0.25, 0.3) is 0 Å². The van der Waals surface area contributed by atoms with E-state index in [1.165, 1.54) is 11.3 Å². The monoisotopic (exact) mass is 295 g/mol. The maximum atomic E-state index is 4.40. The standard InChI is InChI=1S/C17H21N5/c1-18-17(21-12-11-20-16-8-4-5-10-19-16)22-13-9-14-6-2-3-7-15(14)22/h2-8,10H,9,11-13H2,1H3,(H,18,21)(H,19,20). The van der Waals surface area contributed by atoms with Crippen molar-refractivity contribution < 1.29 is 0 Å². The summed E-state index contributed by atoms with van der Waals surface area (Å²) >= 11 is 0. The Balaban J connectivity index is 1.53. The quantitative estimate of drug-likeness (QED) is 0.515. The summed E-state index contributed by atoms with van der Waals surface area (Å²) in [5.41, 5.74) is 2.64. The molecule has 0 saturated carbocycles. The minimum Gasteiger partial charge on any atom is -0.368 e. The predicted octanol–water partition coefficient (Wildman–Crippen LogP) is 2.13. The van der Waals surface area contributed by atoms with E-state index in [1.807, 2.05) is 25.2 Å². The van der Waals surface area contributed by atoms with Crippen LogP contribution in [0.1, 0.15) is 5.56 Å².